The minimum atomic E-state index is -3.95. The second-order valence-corrected chi connectivity index (χ2v) is 9.16. The van der Waals surface area contributed by atoms with Crippen LogP contribution in [-0.2, 0) is 16.6 Å². The van der Waals surface area contributed by atoms with Gasteiger partial charge >= 0.3 is 0 Å². The number of ether oxygens (including phenoxy) is 2. The van der Waals surface area contributed by atoms with Crippen LogP contribution in [0.25, 0.3) is 0 Å². The molecule has 0 aliphatic carbocycles. The van der Waals surface area contributed by atoms with E-state index in [-0.39, 0.29) is 33.3 Å². The largest absolute Gasteiger partial charge is 0.454 e. The number of carbonyl (C=O) groups is 1. The lowest BCUT2D eigenvalue weighted by Gasteiger charge is -2.05. The second-order valence-electron chi connectivity index (χ2n) is 5.92. The molecule has 0 saturated heterocycles. The van der Waals surface area contributed by atoms with Crippen molar-refractivity contribution in [1.29, 1.82) is 0 Å². The summed E-state index contributed by atoms with van der Waals surface area (Å²) in [4.78, 5) is 12.2. The number of hydrogen-bond acceptors (Lipinski definition) is 8. The van der Waals surface area contributed by atoms with Crippen molar-refractivity contribution in [1.82, 2.24) is 14.9 Å². The Kier molecular flexibility index (Phi) is 5.56. The minimum absolute atomic E-state index is 0.0479. The van der Waals surface area contributed by atoms with E-state index in [9.17, 15) is 17.6 Å². The first-order valence-corrected chi connectivity index (χ1v) is 11.0. The highest BCUT2D eigenvalue weighted by Crippen LogP contribution is 2.34. The SMILES string of the molecule is O=C(Nc1ccc2c(c1)OCO2)c1nnc(CNS(=O)(=O)c2ccc(F)c(Cl)c2)s1. The third-order valence-corrected chi connectivity index (χ3v) is 6.52. The van der Waals surface area contributed by atoms with Gasteiger partial charge < -0.3 is 14.8 Å². The Hall–Kier alpha value is -2.80. The first-order chi connectivity index (χ1) is 14.3. The van der Waals surface area contributed by atoms with Crippen LogP contribution in [0.4, 0.5) is 10.1 Å². The molecule has 0 bridgehead atoms. The molecular formula is C17H12ClFN4O5S2. The number of anilines is 1. The zero-order chi connectivity index (χ0) is 21.3. The summed E-state index contributed by atoms with van der Waals surface area (Å²) in [6.45, 7) is -0.0845. The van der Waals surface area contributed by atoms with Crippen molar-refractivity contribution in [2.45, 2.75) is 11.4 Å². The van der Waals surface area contributed by atoms with Gasteiger partial charge in [0.2, 0.25) is 21.8 Å². The van der Waals surface area contributed by atoms with Crippen molar-refractivity contribution in [2.75, 3.05) is 12.1 Å². The summed E-state index contributed by atoms with van der Waals surface area (Å²) in [7, 11) is -3.95. The van der Waals surface area contributed by atoms with Crippen LogP contribution in [0.5, 0.6) is 11.5 Å². The number of hydrogen-bond donors (Lipinski definition) is 2. The summed E-state index contributed by atoms with van der Waals surface area (Å²) in [5, 5.41) is 10.3. The minimum Gasteiger partial charge on any atom is -0.454 e. The van der Waals surface area contributed by atoms with E-state index in [0.29, 0.717) is 17.2 Å². The molecule has 0 fully saturated rings. The van der Waals surface area contributed by atoms with Gasteiger partial charge in [-0.3, -0.25) is 4.79 Å². The van der Waals surface area contributed by atoms with E-state index >= 15 is 0 Å². The van der Waals surface area contributed by atoms with Gasteiger partial charge in [-0.25, -0.2) is 17.5 Å². The van der Waals surface area contributed by atoms with E-state index in [2.05, 4.69) is 20.2 Å². The van der Waals surface area contributed by atoms with Crippen LogP contribution < -0.4 is 19.5 Å². The van der Waals surface area contributed by atoms with Gasteiger partial charge in [0.05, 0.1) is 16.5 Å². The number of amides is 1. The van der Waals surface area contributed by atoms with Crippen molar-refractivity contribution in [3.63, 3.8) is 0 Å². The van der Waals surface area contributed by atoms with Gasteiger partial charge in [0.1, 0.15) is 10.8 Å². The summed E-state index contributed by atoms with van der Waals surface area (Å²) in [6, 6.07) is 7.98. The van der Waals surface area contributed by atoms with E-state index in [1.807, 2.05) is 0 Å². The van der Waals surface area contributed by atoms with Crippen LogP contribution in [0.2, 0.25) is 5.02 Å². The molecule has 30 heavy (non-hydrogen) atoms. The lowest BCUT2D eigenvalue weighted by molar-refractivity contribution is 0.102. The highest BCUT2D eigenvalue weighted by Gasteiger charge is 2.19. The van der Waals surface area contributed by atoms with Crippen LogP contribution in [0, 0.1) is 5.82 Å². The Morgan fingerprint density at radius 1 is 1.17 bits per heavy atom. The Labute approximate surface area is 178 Å². The average molecular weight is 471 g/mol. The summed E-state index contributed by atoms with van der Waals surface area (Å²) >= 11 is 6.55. The normalized spacial score (nSPS) is 12.7. The maximum atomic E-state index is 13.2. The molecule has 1 aromatic heterocycles. The monoisotopic (exact) mass is 470 g/mol. The standard InChI is InChI=1S/C17H12ClFN4O5S2/c18-11-6-10(2-3-12(11)19)30(25,26)20-7-15-22-23-17(29-15)16(24)21-9-1-4-13-14(5-9)28-8-27-13/h1-6,20H,7-8H2,(H,21,24). The van der Waals surface area contributed by atoms with Crippen LogP contribution in [0.3, 0.4) is 0 Å². The quantitative estimate of drug-likeness (QED) is 0.568. The number of sulfonamides is 1. The predicted molar refractivity (Wildman–Crippen MR) is 106 cm³/mol. The van der Waals surface area contributed by atoms with Gasteiger partial charge in [0, 0.05) is 11.8 Å². The van der Waals surface area contributed by atoms with Gasteiger partial charge in [-0.2, -0.15) is 0 Å². The molecule has 1 aliphatic heterocycles. The zero-order valence-electron chi connectivity index (χ0n) is 14.9. The van der Waals surface area contributed by atoms with Gasteiger partial charge in [-0.15, -0.1) is 10.2 Å². The Balaban J connectivity index is 1.40. The highest BCUT2D eigenvalue weighted by molar-refractivity contribution is 7.89. The fourth-order valence-corrected chi connectivity index (χ4v) is 4.48. The number of nitrogens with zero attached hydrogens (tertiary/aromatic N) is 2. The number of benzene rings is 2. The molecule has 2 heterocycles. The van der Waals surface area contributed by atoms with Crippen molar-refractivity contribution in [3.8, 4) is 11.5 Å². The van der Waals surface area contributed by atoms with E-state index in [1.54, 1.807) is 18.2 Å². The van der Waals surface area contributed by atoms with Crippen molar-refractivity contribution >= 4 is 44.6 Å². The Morgan fingerprint density at radius 2 is 1.97 bits per heavy atom. The van der Waals surface area contributed by atoms with Crippen molar-refractivity contribution < 1.29 is 27.1 Å². The molecule has 1 aliphatic rings. The average Bonchev–Trinajstić information content (AvgIpc) is 3.37. The third kappa shape index (κ3) is 4.36. The zero-order valence-corrected chi connectivity index (χ0v) is 17.3. The number of carbonyl (C=O) groups excluding carboxylic acids is 1. The molecule has 0 spiro atoms. The third-order valence-electron chi connectivity index (χ3n) is 3.91. The summed E-state index contributed by atoms with van der Waals surface area (Å²) in [6.07, 6.45) is 0. The van der Waals surface area contributed by atoms with Crippen molar-refractivity contribution in [2.24, 2.45) is 0 Å². The molecule has 3 aromatic rings. The Bertz CT molecular complexity index is 1230. The lowest BCUT2D eigenvalue weighted by Crippen LogP contribution is -2.23. The van der Waals surface area contributed by atoms with Crippen molar-refractivity contribution in [3.05, 3.63) is 57.3 Å². The first kappa shape index (κ1) is 20.5. The molecule has 0 radical (unpaired) electrons. The summed E-state index contributed by atoms with van der Waals surface area (Å²) in [5.41, 5.74) is 0.481. The molecule has 1 amide bonds. The molecule has 0 saturated carbocycles. The fraction of sp³-hybridized carbons (Fsp3) is 0.118. The van der Waals surface area contributed by atoms with E-state index < -0.39 is 21.7 Å². The smallest absolute Gasteiger partial charge is 0.286 e. The second kappa shape index (κ2) is 8.14. The highest BCUT2D eigenvalue weighted by atomic mass is 35.5. The molecule has 0 unspecified atom stereocenters. The van der Waals surface area contributed by atoms with Crippen LogP contribution >= 0.6 is 22.9 Å². The maximum Gasteiger partial charge on any atom is 0.286 e. The lowest BCUT2D eigenvalue weighted by atomic mass is 10.3. The molecule has 2 N–H and O–H groups in total. The number of nitrogens with one attached hydrogen (secondary N) is 2. The molecule has 9 nitrogen and oxygen atoms in total. The number of rotatable bonds is 6. The Morgan fingerprint density at radius 3 is 2.77 bits per heavy atom. The molecule has 0 atom stereocenters. The predicted octanol–water partition coefficient (Wildman–Crippen LogP) is 2.79. The fourth-order valence-electron chi connectivity index (χ4n) is 2.46. The molecule has 13 heteroatoms. The van der Waals surface area contributed by atoms with E-state index in [4.69, 9.17) is 21.1 Å². The maximum absolute atomic E-state index is 13.2. The molecule has 4 rings (SSSR count). The van der Waals surface area contributed by atoms with Crippen LogP contribution in [0.1, 0.15) is 14.8 Å². The van der Waals surface area contributed by atoms with Gasteiger partial charge in [-0.1, -0.05) is 22.9 Å². The van der Waals surface area contributed by atoms with E-state index in [0.717, 1.165) is 29.5 Å². The number of aromatic nitrogens is 2. The summed E-state index contributed by atoms with van der Waals surface area (Å²) in [5.74, 6) is -0.134. The van der Waals surface area contributed by atoms with E-state index in [1.165, 1.54) is 0 Å². The first-order valence-electron chi connectivity index (χ1n) is 8.30. The topological polar surface area (TPSA) is 120 Å². The molecular weight excluding hydrogens is 459 g/mol. The van der Waals surface area contributed by atoms with Gasteiger partial charge in [0.15, 0.2) is 11.5 Å². The van der Waals surface area contributed by atoms with Crippen LogP contribution in [-0.4, -0.2) is 31.3 Å². The summed E-state index contributed by atoms with van der Waals surface area (Å²) < 4.78 is 50.6. The number of fused-ring (bicyclic) bond motifs is 1. The van der Waals surface area contributed by atoms with Gasteiger partial charge in [-0.05, 0) is 30.3 Å². The van der Waals surface area contributed by atoms with Crippen LogP contribution in [0.15, 0.2) is 41.3 Å². The molecule has 2 aromatic carbocycles. The molecule has 156 valence electrons. The van der Waals surface area contributed by atoms with Gasteiger partial charge in [0.25, 0.3) is 5.91 Å². The number of halogens is 2.